The lowest BCUT2D eigenvalue weighted by Gasteiger charge is -2.45. The number of likely N-dealkylation sites (N-methyl/N-ethyl adjacent to an activating group) is 9. The van der Waals surface area contributed by atoms with Crippen LogP contribution < -0.4 is 37.5 Å². The minimum Gasteiger partial charge on any atom is -0.480 e. The first-order chi connectivity index (χ1) is 69.9. The van der Waals surface area contributed by atoms with Crippen LogP contribution in [0.5, 0.6) is 0 Å². The average Bonchev–Trinajstić information content (AvgIpc) is 0.966. The molecule has 9 aliphatic rings. The van der Waals surface area contributed by atoms with E-state index in [4.69, 9.17) is 74.9 Å². The van der Waals surface area contributed by atoms with Crippen LogP contribution in [0.15, 0.2) is 78.9 Å². The normalized spacial score (nSPS) is 24.6. The van der Waals surface area contributed by atoms with E-state index >= 15 is 0 Å². The number of nitrogens with one attached hydrogen (secondary N) is 6. The summed E-state index contributed by atoms with van der Waals surface area (Å²) < 4.78 is 0. The summed E-state index contributed by atoms with van der Waals surface area (Å²) in [7, 11) is 7.89. The molecule has 0 radical (unpaired) electrons. The summed E-state index contributed by atoms with van der Waals surface area (Å²) in [4.78, 5) is 97.9. The number of aliphatic carboxylic acids is 2. The number of halogens is 2. The number of hydrogen-bond donors (Lipinski definition) is 19. The molecule has 4 amide bonds. The summed E-state index contributed by atoms with van der Waals surface area (Å²) in [6, 6.07) is 25.9. The van der Waals surface area contributed by atoms with Crippen LogP contribution >= 0.6 is 23.2 Å². The third-order valence-corrected chi connectivity index (χ3v) is 29.7. The molecule has 9 heterocycles. The molecule has 146 heavy (non-hydrogen) atoms. The number of carbonyl (C=O) groups excluding carboxylic acids is 4. The second-order valence-electron chi connectivity index (χ2n) is 39.7. The van der Waals surface area contributed by atoms with Gasteiger partial charge in [-0.25, -0.2) is 0 Å². The van der Waals surface area contributed by atoms with Crippen molar-refractivity contribution in [2.45, 2.75) is 283 Å². The Morgan fingerprint density at radius 3 is 1.37 bits per heavy atom. The molecular weight excluding hydrogens is 1910 g/mol. The van der Waals surface area contributed by atoms with E-state index in [1.807, 2.05) is 94.2 Å². The van der Waals surface area contributed by atoms with Gasteiger partial charge in [-0.15, -0.1) is 0 Å². The van der Waals surface area contributed by atoms with Gasteiger partial charge in [-0.05, 0) is 221 Å². The summed E-state index contributed by atoms with van der Waals surface area (Å²) in [6.07, 6.45) is 13.2. The van der Waals surface area contributed by atoms with E-state index in [2.05, 4.69) is 156 Å². The number of rotatable bonds is 39. The second kappa shape index (κ2) is 76.6. The molecule has 0 unspecified atom stereocenters. The summed E-state index contributed by atoms with van der Waals surface area (Å²) >= 11 is 12.1. The number of nitrogens with zero attached hydrogens (tertiary/aromatic N) is 13. The Morgan fingerprint density at radius 2 is 0.952 bits per heavy atom. The Bertz CT molecular complexity index is 3940. The van der Waals surface area contributed by atoms with Gasteiger partial charge in [0, 0.05) is 166 Å². The lowest BCUT2D eigenvalue weighted by Crippen LogP contribution is -2.64. The van der Waals surface area contributed by atoms with Crippen molar-refractivity contribution in [2.24, 2.45) is 5.73 Å². The first-order valence-electron chi connectivity index (χ1n) is 53.9. The van der Waals surface area contributed by atoms with Gasteiger partial charge < -0.3 is 133 Å². The van der Waals surface area contributed by atoms with E-state index in [0.29, 0.717) is 91.7 Å². The van der Waals surface area contributed by atoms with Gasteiger partial charge in [0.1, 0.15) is 24.2 Å². The molecule has 12 rings (SSSR count). The minimum absolute atomic E-state index is 0.0115. The van der Waals surface area contributed by atoms with Crippen molar-refractivity contribution in [1.29, 1.82) is 0 Å². The lowest BCUT2D eigenvalue weighted by atomic mass is 9.86. The van der Waals surface area contributed by atoms with Crippen LogP contribution in [-0.4, -0.2) is 515 Å². The maximum atomic E-state index is 13.0. The van der Waals surface area contributed by atoms with Crippen LogP contribution in [0.2, 0.25) is 16.9 Å². The molecule has 20 N–H and O–H groups in total. The van der Waals surface area contributed by atoms with E-state index in [-0.39, 0.29) is 94.0 Å². The van der Waals surface area contributed by atoms with Crippen molar-refractivity contribution in [3.05, 3.63) is 106 Å². The zero-order chi connectivity index (χ0) is 109. The Balaban J connectivity index is 0.000000423. The van der Waals surface area contributed by atoms with Crippen molar-refractivity contribution >= 4 is 65.8 Å². The maximum Gasteiger partial charge on any atom is 0.374 e. The molecule has 3 aromatic carbocycles. The standard InChI is InChI=1S/C19H27Cl2N3O2.C14H29N3.C11H23N3O.C10H23BN2O3.C10H22N2O.C10H13NO3.C10H15NO.C9H16N2O3.C9H20N2O.C3H7NO3/c1-22-10-15(11-23-6-2-3-7-23)24(12-16(22)13-25)19(26)9-14-4-5-17(20)18(21)8-14;1-4-13-12-17(5-2)14(10-15(13)3)11-16-8-6-7-9-16;1-13-7-10(12-6-11(13)9-15)8-14-4-2-3-5-14;1-5-9(12-11(4)16)10(15)13(6-2)8(3)7-14;1-4-9-7-12(5-2)10(8-13)6-11(9)3;12-7-9(10(13)14)11-6-8-4-2-1-3-5-8;1-9(8-12)11-7-10-5-3-2-4-6-10;1-3-6-9(14)11(4-2)7(5-12)8(13)10-6;1-3-8-6-11(4-2)9(7-12)5-10-8;4-2(1-5)3(6)7/h4-5,8,15-16,25H,2-3,6-7,9-13H2,1H3;13-14H,4-12H2,1-3H3;10-12,15H,2-9H2,1H3;8-9,12,14,16H,5-7H2,1-4H3;9-10,13H,4-8H2,1-3H3;1-5,9,11-12H,6-7H2,(H,13,14);2-6,9,11-12H,7-8H2,1H3;6-7,12H,3-5H2,1-2H3,(H,10,13);8-10,12H,3-7H2,1-2H3;2,5H,1,4H2,(H,6,7)/t15-,16-;13-,14+;10-,11-;8-,9+;9-,10+;2*9-;6-,7-;8-,9+;2-/m0100110111/s1. The zero-order valence-electron chi connectivity index (χ0n) is 91.6. The van der Waals surface area contributed by atoms with Crippen molar-refractivity contribution in [2.75, 3.05) is 245 Å². The Hall–Kier alpha value is -5.92. The van der Waals surface area contributed by atoms with Crippen LogP contribution in [0.3, 0.4) is 0 Å². The van der Waals surface area contributed by atoms with Crippen LogP contribution in [0.1, 0.15) is 170 Å². The fourth-order valence-electron chi connectivity index (χ4n) is 19.3. The maximum absolute atomic E-state index is 13.0. The molecule has 840 valence electrons. The summed E-state index contributed by atoms with van der Waals surface area (Å²) in [5, 5.41) is 126. The largest absolute Gasteiger partial charge is 0.480 e. The molecule has 38 nitrogen and oxygen atoms in total. The molecule has 3 aromatic rings. The van der Waals surface area contributed by atoms with E-state index in [9.17, 15) is 44.0 Å². The molecule has 0 saturated carbocycles. The molecule has 0 aromatic heterocycles. The van der Waals surface area contributed by atoms with Gasteiger partial charge >= 0.3 is 19.0 Å². The fourth-order valence-corrected chi connectivity index (χ4v) is 19.6. The van der Waals surface area contributed by atoms with E-state index in [1.54, 1.807) is 37.7 Å². The minimum atomic E-state index is -1.18. The third-order valence-electron chi connectivity index (χ3n) is 28.9. The Morgan fingerprint density at radius 1 is 0.479 bits per heavy atom. The number of carboxylic acid groups (broad SMARTS) is 2. The van der Waals surface area contributed by atoms with Gasteiger partial charge in [-0.2, -0.15) is 0 Å². The van der Waals surface area contributed by atoms with Crippen molar-refractivity contribution < 1.29 is 90.0 Å². The highest BCUT2D eigenvalue weighted by Gasteiger charge is 2.41. The summed E-state index contributed by atoms with van der Waals surface area (Å²) in [6.45, 7) is 52.2. The number of carbonyl (C=O) groups is 6. The van der Waals surface area contributed by atoms with Crippen LogP contribution in [0.4, 0.5) is 0 Å². The number of likely N-dealkylation sites (tertiary alicyclic amines) is 3. The van der Waals surface area contributed by atoms with Gasteiger partial charge in [0.25, 0.3) is 0 Å². The molecule has 0 spiro atoms. The molecule has 17 atom stereocenters. The Labute approximate surface area is 885 Å². The highest BCUT2D eigenvalue weighted by atomic mass is 35.5. The number of amides is 4. The second-order valence-corrected chi connectivity index (χ2v) is 40.5. The van der Waals surface area contributed by atoms with Gasteiger partial charge in [0.15, 0.2) is 0 Å². The van der Waals surface area contributed by atoms with Crippen molar-refractivity contribution in [1.82, 2.24) is 95.5 Å². The first kappa shape index (κ1) is 134. The number of hydrogen-bond acceptors (Lipinski definition) is 32. The molecule has 9 aliphatic heterocycles. The lowest BCUT2D eigenvalue weighted by molar-refractivity contribution is -0.150. The number of piperazine rings is 6. The quantitative estimate of drug-likeness (QED) is 0.0363. The number of benzene rings is 3. The molecule has 9 fully saturated rings. The number of aliphatic hydroxyl groups excluding tert-OH is 9. The zero-order valence-corrected chi connectivity index (χ0v) is 93.1. The monoisotopic (exact) mass is 2110 g/mol. The topological polar surface area (TPSA) is 486 Å². The molecule has 0 bridgehead atoms. The average molecular weight is 2110 g/mol. The summed E-state index contributed by atoms with van der Waals surface area (Å²) in [5.41, 5.74) is 7.87. The first-order valence-corrected chi connectivity index (χ1v) is 54.7. The highest BCUT2D eigenvalue weighted by molar-refractivity contribution is 6.46. The van der Waals surface area contributed by atoms with Crippen LogP contribution in [0.25, 0.3) is 0 Å². The van der Waals surface area contributed by atoms with E-state index < -0.39 is 62.4 Å². The van der Waals surface area contributed by atoms with Gasteiger partial charge in [-0.1, -0.05) is 145 Å². The predicted octanol–water partition coefficient (Wildman–Crippen LogP) is 1.99. The molecule has 41 heteroatoms. The van der Waals surface area contributed by atoms with E-state index in [1.165, 1.54) is 127 Å². The number of nitrogens with two attached hydrogens (primary N) is 1. The predicted molar refractivity (Wildman–Crippen MR) is 584 cm³/mol. The smallest absolute Gasteiger partial charge is 0.374 e. The summed E-state index contributed by atoms with van der Waals surface area (Å²) in [5.74, 6) is -2.58. The molecule has 9 saturated heterocycles. The molecule has 0 aliphatic carbocycles. The number of aliphatic hydroxyl groups is 9. The van der Waals surface area contributed by atoms with Gasteiger partial charge in [0.2, 0.25) is 23.6 Å². The number of carboxylic acids is 2. The fraction of sp³-hybridized carbons (Fsp3) is 0.771. The van der Waals surface area contributed by atoms with Crippen LogP contribution in [-0.2, 0) is 48.3 Å². The van der Waals surface area contributed by atoms with Crippen molar-refractivity contribution in [3.63, 3.8) is 0 Å². The van der Waals surface area contributed by atoms with E-state index in [0.717, 1.165) is 108 Å². The highest BCUT2D eigenvalue weighted by Crippen LogP contribution is 2.27. The molecular formula is C105H195BCl2N20O18. The van der Waals surface area contributed by atoms with Gasteiger partial charge in [-0.3, -0.25) is 58.6 Å². The van der Waals surface area contributed by atoms with Crippen LogP contribution in [0, 0.1) is 0 Å². The van der Waals surface area contributed by atoms with Crippen molar-refractivity contribution in [3.8, 4) is 0 Å². The van der Waals surface area contributed by atoms with Gasteiger partial charge in [0.05, 0.1) is 100 Å². The third kappa shape index (κ3) is 49.0. The Kier molecular flexibility index (Phi) is 70.4. The SMILES string of the molecule is CC[C@@H](NB(C)O)C(=O)N(CC)[C@@H](C)CO.CC[C@@H]1CN(CC)[C@H](CN2CCCC2)CN1C.CC[C@@H]1CN(CC)[C@H](CO)CN1.CC[C@@H]1CN(CC)[C@H](CO)CN1C.CC[C@H]1NC(=O)[C@@H](CO)N(CC)C1=O.CN1C[C@@H](CN2CCCC2)N(C(=O)Cc2ccc(Cl)c(Cl)c2)C[C@H]1CO.CN1C[C@@H](CN2CCCC2)NC[C@H]1CO.C[C@@H](CO)NCc1ccccc1.N[C@H](CO)C(=O)O.O=C(O)[C@@H](CO)NCc1ccccc1.